The van der Waals surface area contributed by atoms with Crippen LogP contribution < -0.4 is 10.6 Å². The molecule has 0 bridgehead atoms. The van der Waals surface area contributed by atoms with E-state index >= 15 is 0 Å². The summed E-state index contributed by atoms with van der Waals surface area (Å²) in [7, 11) is 2.22. The summed E-state index contributed by atoms with van der Waals surface area (Å²) in [6, 6.07) is 6.86. The van der Waals surface area contributed by atoms with Crippen LogP contribution in [0, 0.1) is 3.57 Å². The second-order valence-corrected chi connectivity index (χ2v) is 6.24. The molecular formula is C14H22IN3. The molecule has 2 N–H and O–H groups in total. The molecule has 1 aromatic rings. The maximum absolute atomic E-state index is 5.85. The van der Waals surface area contributed by atoms with Crippen LogP contribution in [0.1, 0.15) is 19.8 Å². The summed E-state index contributed by atoms with van der Waals surface area (Å²) >= 11 is 2.40. The Labute approximate surface area is 123 Å². The van der Waals surface area contributed by atoms with Crippen molar-refractivity contribution in [3.05, 3.63) is 21.8 Å². The van der Waals surface area contributed by atoms with Crippen LogP contribution in [-0.4, -0.2) is 37.6 Å². The maximum Gasteiger partial charge on any atom is 0.0506 e. The number of nitrogens with zero attached hydrogens (tertiary/aromatic N) is 2. The fourth-order valence-corrected chi connectivity index (χ4v) is 3.52. The monoisotopic (exact) mass is 359 g/mol. The molecule has 0 radical (unpaired) electrons. The smallest absolute Gasteiger partial charge is 0.0506 e. The highest BCUT2D eigenvalue weighted by molar-refractivity contribution is 14.1. The molecule has 0 amide bonds. The van der Waals surface area contributed by atoms with Gasteiger partial charge in [-0.05, 0) is 67.2 Å². The van der Waals surface area contributed by atoms with E-state index < -0.39 is 0 Å². The van der Waals surface area contributed by atoms with Crippen LogP contribution in [0.4, 0.5) is 11.4 Å². The molecule has 100 valence electrons. The maximum atomic E-state index is 5.85. The molecular weight excluding hydrogens is 337 g/mol. The molecule has 0 aliphatic carbocycles. The molecule has 2 rings (SSSR count). The summed E-state index contributed by atoms with van der Waals surface area (Å²) < 4.78 is 1.26. The Morgan fingerprint density at radius 3 is 2.83 bits per heavy atom. The van der Waals surface area contributed by atoms with Crippen LogP contribution in [0.25, 0.3) is 0 Å². The number of hydrogen-bond acceptors (Lipinski definition) is 3. The van der Waals surface area contributed by atoms with Crippen molar-refractivity contribution in [3.8, 4) is 0 Å². The highest BCUT2D eigenvalue weighted by atomic mass is 127. The highest BCUT2D eigenvalue weighted by Crippen LogP contribution is 2.28. The van der Waals surface area contributed by atoms with E-state index in [1.165, 1.54) is 28.6 Å². The molecule has 4 heteroatoms. The van der Waals surface area contributed by atoms with Crippen molar-refractivity contribution in [2.75, 3.05) is 37.3 Å². The van der Waals surface area contributed by atoms with E-state index in [1.54, 1.807) is 0 Å². The van der Waals surface area contributed by atoms with E-state index in [0.29, 0.717) is 6.04 Å². The number of rotatable bonds is 2. The van der Waals surface area contributed by atoms with Gasteiger partial charge in [0, 0.05) is 28.4 Å². The van der Waals surface area contributed by atoms with Gasteiger partial charge in [0.05, 0.1) is 5.69 Å². The van der Waals surface area contributed by atoms with Crippen LogP contribution in [0.15, 0.2) is 18.2 Å². The van der Waals surface area contributed by atoms with Crippen molar-refractivity contribution in [3.63, 3.8) is 0 Å². The van der Waals surface area contributed by atoms with Gasteiger partial charge in [0.25, 0.3) is 0 Å². The summed E-state index contributed by atoms with van der Waals surface area (Å²) in [5.41, 5.74) is 8.04. The van der Waals surface area contributed by atoms with Gasteiger partial charge < -0.3 is 15.5 Å². The molecule has 1 saturated heterocycles. The number of benzene rings is 1. The molecule has 1 unspecified atom stereocenters. The standard InChI is InChI=1S/C14H22IN3/c1-3-12-10-17(2)7-4-8-18(12)14-6-5-11(16)9-13(14)15/h5-6,9,12H,3-4,7-8,10,16H2,1-2H3. The fraction of sp³-hybridized carbons (Fsp3) is 0.571. The van der Waals surface area contributed by atoms with Gasteiger partial charge in [-0.1, -0.05) is 6.92 Å². The zero-order valence-corrected chi connectivity index (χ0v) is 13.4. The number of anilines is 2. The van der Waals surface area contributed by atoms with E-state index in [4.69, 9.17) is 5.73 Å². The van der Waals surface area contributed by atoms with Gasteiger partial charge in [-0.25, -0.2) is 0 Å². The molecule has 1 aromatic carbocycles. The van der Waals surface area contributed by atoms with Crippen molar-refractivity contribution in [2.45, 2.75) is 25.8 Å². The second kappa shape index (κ2) is 6.10. The first-order chi connectivity index (χ1) is 8.61. The van der Waals surface area contributed by atoms with Gasteiger partial charge in [-0.2, -0.15) is 0 Å². The number of hydrogen-bond donors (Lipinski definition) is 1. The second-order valence-electron chi connectivity index (χ2n) is 5.08. The third-order valence-electron chi connectivity index (χ3n) is 3.65. The van der Waals surface area contributed by atoms with Crippen LogP contribution in [-0.2, 0) is 0 Å². The largest absolute Gasteiger partial charge is 0.399 e. The molecule has 1 atom stereocenters. The van der Waals surface area contributed by atoms with Gasteiger partial charge in [-0.3, -0.25) is 0 Å². The van der Waals surface area contributed by atoms with Crippen molar-refractivity contribution in [1.82, 2.24) is 4.90 Å². The summed E-state index contributed by atoms with van der Waals surface area (Å²) in [5.74, 6) is 0. The Balaban J connectivity index is 2.28. The van der Waals surface area contributed by atoms with Crippen LogP contribution in [0.2, 0.25) is 0 Å². The Morgan fingerprint density at radius 2 is 2.17 bits per heavy atom. The lowest BCUT2D eigenvalue weighted by Crippen LogP contribution is -2.40. The molecule has 3 nitrogen and oxygen atoms in total. The van der Waals surface area contributed by atoms with Crippen LogP contribution >= 0.6 is 22.6 Å². The van der Waals surface area contributed by atoms with Crippen molar-refractivity contribution in [1.29, 1.82) is 0 Å². The number of nitrogen functional groups attached to an aromatic ring is 1. The number of likely N-dealkylation sites (N-methyl/N-ethyl adjacent to an activating group) is 1. The minimum Gasteiger partial charge on any atom is -0.399 e. The molecule has 0 spiro atoms. The van der Waals surface area contributed by atoms with E-state index in [1.807, 2.05) is 6.07 Å². The van der Waals surface area contributed by atoms with E-state index in [9.17, 15) is 0 Å². The first kappa shape index (κ1) is 13.9. The van der Waals surface area contributed by atoms with Gasteiger partial charge >= 0.3 is 0 Å². The quantitative estimate of drug-likeness (QED) is 0.651. The van der Waals surface area contributed by atoms with Gasteiger partial charge in [0.1, 0.15) is 0 Å². The van der Waals surface area contributed by atoms with Crippen molar-refractivity contribution in [2.24, 2.45) is 0 Å². The minimum absolute atomic E-state index is 0.606. The van der Waals surface area contributed by atoms with Crippen molar-refractivity contribution >= 4 is 34.0 Å². The Kier molecular flexibility index (Phi) is 4.72. The van der Waals surface area contributed by atoms with E-state index in [-0.39, 0.29) is 0 Å². The average molecular weight is 359 g/mol. The lowest BCUT2D eigenvalue weighted by Gasteiger charge is -2.33. The highest BCUT2D eigenvalue weighted by Gasteiger charge is 2.23. The fourth-order valence-electron chi connectivity index (χ4n) is 2.67. The normalized spacial score (nSPS) is 21.9. The Bertz CT molecular complexity index is 408. The van der Waals surface area contributed by atoms with Gasteiger partial charge in [-0.15, -0.1) is 0 Å². The minimum atomic E-state index is 0.606. The molecule has 1 aliphatic rings. The molecule has 1 aliphatic heterocycles. The third-order valence-corrected chi connectivity index (χ3v) is 4.52. The Morgan fingerprint density at radius 1 is 1.39 bits per heavy atom. The Hall–Kier alpha value is -0.490. The number of nitrogens with two attached hydrogens (primary N) is 1. The third kappa shape index (κ3) is 3.09. The molecule has 1 fully saturated rings. The average Bonchev–Trinajstić information content (AvgIpc) is 2.51. The summed E-state index contributed by atoms with van der Waals surface area (Å²) in [6.07, 6.45) is 2.41. The summed E-state index contributed by atoms with van der Waals surface area (Å²) in [4.78, 5) is 5.00. The van der Waals surface area contributed by atoms with Gasteiger partial charge in [0.2, 0.25) is 0 Å². The topological polar surface area (TPSA) is 32.5 Å². The first-order valence-electron chi connectivity index (χ1n) is 6.62. The summed E-state index contributed by atoms with van der Waals surface area (Å²) in [5, 5.41) is 0. The predicted octanol–water partition coefficient (Wildman–Crippen LogP) is 2.79. The SMILES string of the molecule is CCC1CN(C)CCCN1c1ccc(N)cc1I. The number of halogens is 1. The van der Waals surface area contributed by atoms with Crippen LogP contribution in [0.3, 0.4) is 0 Å². The predicted molar refractivity (Wildman–Crippen MR) is 87.1 cm³/mol. The van der Waals surface area contributed by atoms with Crippen LogP contribution in [0.5, 0.6) is 0 Å². The first-order valence-corrected chi connectivity index (χ1v) is 7.70. The van der Waals surface area contributed by atoms with Crippen molar-refractivity contribution < 1.29 is 0 Å². The zero-order valence-electron chi connectivity index (χ0n) is 11.2. The molecule has 0 saturated carbocycles. The molecule has 1 heterocycles. The van der Waals surface area contributed by atoms with E-state index in [0.717, 1.165) is 18.8 Å². The zero-order chi connectivity index (χ0) is 13.1. The van der Waals surface area contributed by atoms with Gasteiger partial charge in [0.15, 0.2) is 0 Å². The van der Waals surface area contributed by atoms with E-state index in [2.05, 4.69) is 58.5 Å². The lowest BCUT2D eigenvalue weighted by molar-refractivity contribution is 0.328. The molecule has 18 heavy (non-hydrogen) atoms. The summed E-state index contributed by atoms with van der Waals surface area (Å²) in [6.45, 7) is 5.76. The lowest BCUT2D eigenvalue weighted by atomic mass is 10.1. The molecule has 0 aromatic heterocycles.